The van der Waals surface area contributed by atoms with E-state index in [9.17, 15) is 4.39 Å². The summed E-state index contributed by atoms with van der Waals surface area (Å²) < 4.78 is 15.5. The van der Waals surface area contributed by atoms with Crippen LogP contribution in [0.1, 0.15) is 0 Å². The van der Waals surface area contributed by atoms with Crippen molar-refractivity contribution < 1.29 is 4.39 Å². The highest BCUT2D eigenvalue weighted by molar-refractivity contribution is 14.1. The molecular weight excluding hydrogens is 1250 g/mol. The molecule has 0 bridgehead atoms. The lowest BCUT2D eigenvalue weighted by Crippen LogP contribution is -2.04. The quantitative estimate of drug-likeness (QED) is 0.0845. The number of halogens is 4. The van der Waals surface area contributed by atoms with Crippen molar-refractivity contribution in [2.24, 2.45) is 0 Å². The molecule has 0 amide bonds. The number of hydrogen-bond acceptors (Lipinski definition) is 0. The second-order valence-corrected chi connectivity index (χ2v) is 28.2. The van der Waals surface area contributed by atoms with Gasteiger partial charge in [-0.3, -0.25) is 0 Å². The van der Waals surface area contributed by atoms with Crippen LogP contribution >= 0.6 is 50.1 Å². The molecule has 0 aliphatic carbocycles. The van der Waals surface area contributed by atoms with Crippen molar-refractivity contribution in [1.29, 1.82) is 0 Å². The molecule has 0 spiro atoms. The Kier molecular flexibility index (Phi) is 22.4. The van der Waals surface area contributed by atoms with Crippen LogP contribution in [0.4, 0.5) is 4.39 Å². The van der Waals surface area contributed by atoms with E-state index in [1.807, 2.05) is 60.7 Å². The predicted molar refractivity (Wildman–Crippen MR) is 351 cm³/mol. The van der Waals surface area contributed by atoms with E-state index in [0.29, 0.717) is 0 Å². The zero-order valence-electron chi connectivity index (χ0n) is 43.5. The van der Waals surface area contributed by atoms with Crippen LogP contribution in [0.5, 0.6) is 0 Å². The van der Waals surface area contributed by atoms with Crippen LogP contribution in [0.25, 0.3) is 0 Å². The summed E-state index contributed by atoms with van der Waals surface area (Å²) in [6, 6.07) is 117. The predicted octanol–water partition coefficient (Wildman–Crippen LogP) is 21.3. The van der Waals surface area contributed by atoms with Crippen LogP contribution in [0.2, 0.25) is 5.02 Å². The zero-order chi connectivity index (χ0) is 55.1. The van der Waals surface area contributed by atoms with E-state index >= 15 is 0 Å². The van der Waals surface area contributed by atoms with Gasteiger partial charge in [0.2, 0.25) is 0 Å². The van der Waals surface area contributed by atoms with Gasteiger partial charge >= 0.3 is 0 Å². The minimum Gasteiger partial charge on any atom is -0.207 e. The monoisotopic (exact) mass is 1310 g/mol. The molecule has 0 radical (unpaired) electrons. The molecule has 12 aromatic rings. The van der Waals surface area contributed by atoms with Gasteiger partial charge in [0.05, 0.1) is 43.6 Å². The van der Waals surface area contributed by atoms with Crippen molar-refractivity contribution >= 4 is 93.7 Å². The summed E-state index contributed by atoms with van der Waals surface area (Å²) in [5, 5.41) is 0.776. The minimum atomic E-state index is -0.196. The van der Waals surface area contributed by atoms with E-state index in [-0.39, 0.29) is 49.4 Å². The van der Waals surface area contributed by atoms with E-state index in [4.69, 9.17) is 11.6 Å². The van der Waals surface area contributed by atoms with Gasteiger partial charge in [-0.05, 0) is 217 Å². The Labute approximate surface area is 510 Å². The van der Waals surface area contributed by atoms with Crippen molar-refractivity contribution in [3.05, 3.63) is 359 Å². The van der Waals surface area contributed by atoms with Crippen molar-refractivity contribution in [1.82, 2.24) is 0 Å². The molecule has 0 N–H and O–H groups in total. The topological polar surface area (TPSA) is 0 Å². The van der Waals surface area contributed by atoms with Gasteiger partial charge in [0.15, 0.2) is 58.7 Å². The van der Waals surface area contributed by atoms with Crippen molar-refractivity contribution in [3.8, 4) is 0 Å². The van der Waals surface area contributed by atoms with Crippen molar-refractivity contribution in [2.75, 3.05) is 0 Å². The Morgan fingerprint density at radius 2 is 0.412 bits per heavy atom. The third kappa shape index (κ3) is 16.8. The first-order valence-corrected chi connectivity index (χ1v) is 32.9. The van der Waals surface area contributed by atoms with Crippen LogP contribution < -0.4 is 0 Å². The highest BCUT2D eigenvalue weighted by Crippen LogP contribution is 2.35. The van der Waals surface area contributed by atoms with Crippen LogP contribution in [0, 0.1) is 9.39 Å². The standard InChI is InChI=1S/C18H14BrS.C18H14ClS.C18H14FS.C18H14IS/c4*19-15-11-13-18(14-12-15)20(16-7-3-1-4-8-16)17-9-5-2-6-10-17/h4*1-14H/q4*+1. The van der Waals surface area contributed by atoms with E-state index in [1.54, 1.807) is 0 Å². The number of benzene rings is 12. The molecule has 0 saturated heterocycles. The highest BCUT2D eigenvalue weighted by atomic mass is 127. The molecule has 392 valence electrons. The van der Waals surface area contributed by atoms with E-state index < -0.39 is 0 Å². The fraction of sp³-hybridized carbons (Fsp3) is 0. The molecule has 8 heteroatoms. The van der Waals surface area contributed by atoms with Crippen molar-refractivity contribution in [3.63, 3.8) is 0 Å². The van der Waals surface area contributed by atoms with E-state index in [2.05, 4.69) is 305 Å². The molecule has 0 aliphatic rings. The second-order valence-electron chi connectivity index (χ2n) is 17.5. The molecule has 0 atom stereocenters. The first kappa shape index (κ1) is 58.1. The Balaban J connectivity index is 0.000000129. The van der Waals surface area contributed by atoms with Crippen molar-refractivity contribution in [2.45, 2.75) is 58.7 Å². The first-order valence-electron chi connectivity index (χ1n) is 25.8. The van der Waals surface area contributed by atoms with Gasteiger partial charge in [-0.1, -0.05) is 173 Å². The summed E-state index contributed by atoms with van der Waals surface area (Å²) in [6.07, 6.45) is 0. The maximum atomic E-state index is 13.2. The summed E-state index contributed by atoms with van der Waals surface area (Å²) in [6.45, 7) is 0. The summed E-state index contributed by atoms with van der Waals surface area (Å²) in [5.74, 6) is -0.196. The van der Waals surface area contributed by atoms with Gasteiger partial charge in [-0.15, -0.1) is 0 Å². The Hall–Kier alpha value is -6.53. The van der Waals surface area contributed by atoms with Gasteiger partial charge in [0.25, 0.3) is 0 Å². The van der Waals surface area contributed by atoms with Gasteiger partial charge in [-0.25, -0.2) is 4.39 Å². The lowest BCUT2D eigenvalue weighted by Gasteiger charge is -2.07. The Bertz CT molecular complexity index is 3000. The smallest absolute Gasteiger partial charge is 0.166 e. The van der Waals surface area contributed by atoms with Crippen LogP contribution in [0.15, 0.2) is 403 Å². The van der Waals surface area contributed by atoms with Crippen LogP contribution in [-0.4, -0.2) is 0 Å². The average molecular weight is 1310 g/mol. The molecule has 0 unspecified atom stereocenters. The fourth-order valence-electron chi connectivity index (χ4n) is 8.37. The van der Waals surface area contributed by atoms with Crippen LogP contribution in [0.3, 0.4) is 0 Å². The molecule has 0 saturated carbocycles. The number of rotatable bonds is 12. The summed E-state index contributed by atoms with van der Waals surface area (Å²) in [4.78, 5) is 15.7. The van der Waals surface area contributed by atoms with Gasteiger partial charge in [0, 0.05) is 13.1 Å². The maximum Gasteiger partial charge on any atom is 0.166 e. The molecule has 0 aliphatic heterocycles. The summed E-state index contributed by atoms with van der Waals surface area (Å²) in [7, 11) is -0.341. The minimum absolute atomic E-state index is 0.0262. The fourth-order valence-corrected chi connectivity index (χ4v) is 17.5. The third-order valence-electron chi connectivity index (χ3n) is 12.0. The molecule has 12 rings (SSSR count). The van der Waals surface area contributed by atoms with Gasteiger partial charge < -0.3 is 0 Å². The number of hydrogen-bond donors (Lipinski definition) is 0. The normalized spacial score (nSPS) is 10.7. The van der Waals surface area contributed by atoms with Gasteiger partial charge in [-0.2, -0.15) is 0 Å². The third-order valence-corrected chi connectivity index (χ3v) is 22.5. The lowest BCUT2D eigenvalue weighted by molar-refractivity contribution is 0.626. The largest absolute Gasteiger partial charge is 0.207 e. The summed E-state index contributed by atoms with van der Waals surface area (Å²) >= 11 is 11.9. The summed E-state index contributed by atoms with van der Waals surface area (Å²) in [5.41, 5.74) is 0. The second kappa shape index (κ2) is 30.9. The average Bonchev–Trinajstić information content (AvgIpc) is 3.55. The Morgan fingerprint density at radius 1 is 0.237 bits per heavy atom. The zero-order valence-corrected chi connectivity index (χ0v) is 51.2. The van der Waals surface area contributed by atoms with Gasteiger partial charge in [0.1, 0.15) is 5.82 Å². The molecule has 80 heavy (non-hydrogen) atoms. The molecule has 0 nitrogen and oxygen atoms in total. The van der Waals surface area contributed by atoms with E-state index in [0.717, 1.165) is 14.4 Å². The first-order chi connectivity index (χ1) is 39.4. The molecular formula is C72H56BrClFIS4+4. The lowest BCUT2D eigenvalue weighted by atomic mass is 10.3. The highest BCUT2D eigenvalue weighted by Gasteiger charge is 2.31. The molecule has 0 aromatic heterocycles. The van der Waals surface area contributed by atoms with Crippen LogP contribution in [-0.2, 0) is 43.6 Å². The molecule has 12 aromatic carbocycles. The SMILES string of the molecule is Brc1ccc([S+](c2ccccc2)c2ccccc2)cc1.Clc1ccc([S+](c2ccccc2)c2ccccc2)cc1.Fc1ccc([S+](c2ccccc2)c2ccccc2)cc1.Ic1ccc([S+](c2ccccc2)c2ccccc2)cc1. The molecule has 0 heterocycles. The maximum absolute atomic E-state index is 13.2. The van der Waals surface area contributed by atoms with E-state index in [1.165, 1.54) is 69.6 Å². The molecule has 0 fully saturated rings. The Morgan fingerprint density at radius 3 is 0.637 bits per heavy atom.